The number of hydrogen-bond acceptors (Lipinski definition) is 5. The lowest BCUT2D eigenvalue weighted by Gasteiger charge is -2.28. The molecule has 0 aliphatic rings. The molecule has 1 rings (SSSR count). The maximum absolute atomic E-state index is 11.4. The van der Waals surface area contributed by atoms with E-state index in [9.17, 15) is 14.9 Å². The minimum Gasteiger partial charge on any atom is -0.491 e. The maximum atomic E-state index is 11.4. The van der Waals surface area contributed by atoms with E-state index in [1.54, 1.807) is 20.9 Å². The number of nitrogens with two attached hydrogens (primary N) is 1. The number of amides is 1. The summed E-state index contributed by atoms with van der Waals surface area (Å²) < 4.78 is 5.62. The lowest BCUT2D eigenvalue weighted by Crippen LogP contribution is -2.53. The molecule has 0 aromatic heterocycles. The van der Waals surface area contributed by atoms with Crippen LogP contribution in [-0.2, 0) is 4.79 Å². The first-order valence-corrected chi connectivity index (χ1v) is 6.67. The summed E-state index contributed by atoms with van der Waals surface area (Å²) in [6, 6.07) is 4.11. The molecule has 8 heteroatoms. The molecular weight excluding hydrogens is 298 g/mol. The van der Waals surface area contributed by atoms with Crippen LogP contribution in [0.3, 0.4) is 0 Å². The van der Waals surface area contributed by atoms with Crippen LogP contribution < -0.4 is 15.8 Å². The number of carbonyl (C=O) groups excluding carboxylic acids is 1. The third-order valence-electron chi connectivity index (χ3n) is 3.24. The van der Waals surface area contributed by atoms with Gasteiger partial charge in [-0.3, -0.25) is 14.9 Å². The summed E-state index contributed by atoms with van der Waals surface area (Å²) in [6.07, 6.45) is 0.000411. The number of ether oxygens (including phenoxy) is 1. The first-order valence-electron chi connectivity index (χ1n) is 6.29. The quantitative estimate of drug-likeness (QED) is 0.590. The molecule has 0 aliphatic heterocycles. The first-order chi connectivity index (χ1) is 9.69. The minimum atomic E-state index is -0.899. The largest absolute Gasteiger partial charge is 0.491 e. The topological polar surface area (TPSA) is 107 Å². The number of benzene rings is 1. The second kappa shape index (κ2) is 6.73. The Bertz CT molecular complexity index is 552. The van der Waals surface area contributed by atoms with Gasteiger partial charge in [-0.25, -0.2) is 0 Å². The van der Waals surface area contributed by atoms with Gasteiger partial charge < -0.3 is 15.8 Å². The van der Waals surface area contributed by atoms with Crippen LogP contribution in [0.4, 0.5) is 5.69 Å². The van der Waals surface area contributed by atoms with Gasteiger partial charge in [0.2, 0.25) is 5.91 Å². The minimum absolute atomic E-state index is 0.00372. The molecule has 0 spiro atoms. The van der Waals surface area contributed by atoms with Crippen molar-refractivity contribution in [3.63, 3.8) is 0 Å². The van der Waals surface area contributed by atoms with Gasteiger partial charge in [0.25, 0.3) is 5.69 Å². The average molecular weight is 316 g/mol. The number of nitro benzene ring substituents is 1. The number of nitro groups is 1. The van der Waals surface area contributed by atoms with Crippen molar-refractivity contribution in [3.8, 4) is 5.75 Å². The number of likely N-dealkylation sites (N-methyl/N-ethyl adjacent to an activating group) is 1. The van der Waals surface area contributed by atoms with Gasteiger partial charge in [0.15, 0.2) is 0 Å². The van der Waals surface area contributed by atoms with Crippen molar-refractivity contribution in [1.82, 2.24) is 5.32 Å². The molecule has 3 N–H and O–H groups in total. The van der Waals surface area contributed by atoms with Gasteiger partial charge in [0.1, 0.15) is 10.8 Å². The van der Waals surface area contributed by atoms with Crippen LogP contribution in [0.1, 0.15) is 20.3 Å². The van der Waals surface area contributed by atoms with Crippen molar-refractivity contribution in [1.29, 1.82) is 0 Å². The summed E-state index contributed by atoms with van der Waals surface area (Å²) in [5, 5.41) is 13.5. The maximum Gasteiger partial charge on any atom is 0.288 e. The second-order valence-electron chi connectivity index (χ2n) is 4.95. The van der Waals surface area contributed by atoms with Gasteiger partial charge in [0, 0.05) is 18.6 Å². The Labute approximate surface area is 127 Å². The van der Waals surface area contributed by atoms with E-state index in [4.69, 9.17) is 22.1 Å². The lowest BCUT2D eigenvalue weighted by atomic mass is 9.94. The van der Waals surface area contributed by atoms with Crippen LogP contribution in [0, 0.1) is 10.1 Å². The zero-order valence-corrected chi connectivity index (χ0v) is 12.8. The summed E-state index contributed by atoms with van der Waals surface area (Å²) in [4.78, 5) is 21.5. The van der Waals surface area contributed by atoms with E-state index in [0.717, 1.165) is 0 Å². The third kappa shape index (κ3) is 4.30. The smallest absolute Gasteiger partial charge is 0.288 e. The molecule has 1 aromatic carbocycles. The molecule has 21 heavy (non-hydrogen) atoms. The number of hydrogen-bond donors (Lipinski definition) is 2. The van der Waals surface area contributed by atoms with Crippen molar-refractivity contribution in [2.24, 2.45) is 5.73 Å². The highest BCUT2D eigenvalue weighted by atomic mass is 35.5. The molecule has 116 valence electrons. The zero-order chi connectivity index (χ0) is 16.2. The Morgan fingerprint density at radius 1 is 1.62 bits per heavy atom. The summed E-state index contributed by atoms with van der Waals surface area (Å²) in [5.74, 6) is -0.0943. The molecule has 0 aliphatic carbocycles. The normalized spacial score (nSPS) is 15.0. The number of nitrogens with one attached hydrogen (secondary N) is 1. The molecule has 2 atom stereocenters. The molecule has 0 fully saturated rings. The Balaban J connectivity index is 2.80. The standard InChI is InChI=1S/C13H18ClN3O4/c1-8(7-13(2,16-3)12(15)18)21-9-4-5-11(17(19)20)10(14)6-9/h4-6,8,16H,7H2,1-3H3,(H2,15,18). The fourth-order valence-electron chi connectivity index (χ4n) is 1.88. The van der Waals surface area contributed by atoms with Crippen LogP contribution in [0.25, 0.3) is 0 Å². The number of primary amides is 1. The summed E-state index contributed by atoms with van der Waals surface area (Å²) in [7, 11) is 1.64. The molecular formula is C13H18ClN3O4. The molecule has 0 saturated carbocycles. The van der Waals surface area contributed by atoms with Gasteiger partial charge in [0.05, 0.1) is 16.6 Å². The summed E-state index contributed by atoms with van der Waals surface area (Å²) in [6.45, 7) is 3.45. The van der Waals surface area contributed by atoms with Crippen LogP contribution in [0.5, 0.6) is 5.75 Å². The summed E-state index contributed by atoms with van der Waals surface area (Å²) >= 11 is 5.81. The fraction of sp³-hybridized carbons (Fsp3) is 0.462. The molecule has 1 aromatic rings. The molecule has 2 unspecified atom stereocenters. The van der Waals surface area contributed by atoms with Gasteiger partial charge in [-0.2, -0.15) is 0 Å². The summed E-state index contributed by atoms with van der Waals surface area (Å²) in [5.41, 5.74) is 4.26. The van der Waals surface area contributed by atoms with Crippen LogP contribution in [-0.4, -0.2) is 29.5 Å². The highest BCUT2D eigenvalue weighted by Crippen LogP contribution is 2.29. The van der Waals surface area contributed by atoms with Crippen LogP contribution in [0.2, 0.25) is 5.02 Å². The second-order valence-corrected chi connectivity index (χ2v) is 5.36. The van der Waals surface area contributed by atoms with Crippen molar-refractivity contribution >= 4 is 23.2 Å². The van der Waals surface area contributed by atoms with E-state index in [1.807, 2.05) is 0 Å². The molecule has 7 nitrogen and oxygen atoms in total. The van der Waals surface area contributed by atoms with E-state index in [0.29, 0.717) is 12.2 Å². The molecule has 0 heterocycles. The number of carbonyl (C=O) groups is 1. The van der Waals surface area contributed by atoms with Crippen molar-refractivity contribution in [2.75, 3.05) is 7.05 Å². The Hall–Kier alpha value is -1.86. The van der Waals surface area contributed by atoms with Crippen LogP contribution in [0.15, 0.2) is 18.2 Å². The molecule has 0 bridgehead atoms. The highest BCUT2D eigenvalue weighted by molar-refractivity contribution is 6.32. The number of nitrogens with zero attached hydrogens (tertiary/aromatic N) is 1. The van der Waals surface area contributed by atoms with E-state index in [-0.39, 0.29) is 16.8 Å². The fourth-order valence-corrected chi connectivity index (χ4v) is 2.12. The predicted octanol–water partition coefficient (Wildman–Crippen LogP) is 1.87. The molecule has 0 radical (unpaired) electrons. The van der Waals surface area contributed by atoms with Crippen LogP contribution >= 0.6 is 11.6 Å². The van der Waals surface area contributed by atoms with Gasteiger partial charge in [-0.15, -0.1) is 0 Å². The SMILES string of the molecule is CNC(C)(CC(C)Oc1ccc([N+](=O)[O-])c(Cl)c1)C(N)=O. The van der Waals surface area contributed by atoms with Crippen molar-refractivity contribution in [2.45, 2.75) is 31.9 Å². The Kier molecular flexibility index (Phi) is 5.51. The van der Waals surface area contributed by atoms with Gasteiger partial charge in [-0.05, 0) is 27.0 Å². The van der Waals surface area contributed by atoms with E-state index < -0.39 is 16.4 Å². The van der Waals surface area contributed by atoms with Gasteiger partial charge >= 0.3 is 0 Å². The average Bonchev–Trinajstić information content (AvgIpc) is 2.37. The first kappa shape index (κ1) is 17.2. The zero-order valence-electron chi connectivity index (χ0n) is 12.1. The van der Waals surface area contributed by atoms with E-state index in [1.165, 1.54) is 18.2 Å². The third-order valence-corrected chi connectivity index (χ3v) is 3.55. The number of halogens is 1. The van der Waals surface area contributed by atoms with Crippen molar-refractivity contribution < 1.29 is 14.5 Å². The Morgan fingerprint density at radius 3 is 2.67 bits per heavy atom. The lowest BCUT2D eigenvalue weighted by molar-refractivity contribution is -0.384. The number of rotatable bonds is 7. The Morgan fingerprint density at radius 2 is 2.24 bits per heavy atom. The predicted molar refractivity (Wildman–Crippen MR) is 79.5 cm³/mol. The van der Waals surface area contributed by atoms with E-state index in [2.05, 4.69) is 5.32 Å². The molecule has 1 amide bonds. The molecule has 0 saturated heterocycles. The van der Waals surface area contributed by atoms with E-state index >= 15 is 0 Å². The van der Waals surface area contributed by atoms with Crippen molar-refractivity contribution in [3.05, 3.63) is 33.3 Å². The van der Waals surface area contributed by atoms with Gasteiger partial charge in [-0.1, -0.05) is 11.6 Å². The monoisotopic (exact) mass is 315 g/mol. The highest BCUT2D eigenvalue weighted by Gasteiger charge is 2.31.